The van der Waals surface area contributed by atoms with E-state index < -0.39 is 0 Å². The molecule has 0 saturated heterocycles. The molecule has 0 bridgehead atoms. The molecule has 0 spiro atoms. The average molecular weight is 212 g/mol. The summed E-state index contributed by atoms with van der Waals surface area (Å²) in [7, 11) is 1.91. The van der Waals surface area contributed by atoms with E-state index in [1.165, 1.54) is 0 Å². The normalized spacial score (nSPS) is 11.1. The molecule has 0 amide bonds. The van der Waals surface area contributed by atoms with E-state index in [1.54, 1.807) is 4.68 Å². The van der Waals surface area contributed by atoms with Crippen LogP contribution in [-0.2, 0) is 7.05 Å². The van der Waals surface area contributed by atoms with Gasteiger partial charge >= 0.3 is 0 Å². The molecule has 2 aromatic heterocycles. The highest BCUT2D eigenvalue weighted by atomic mass is 15.4. The second-order valence-corrected chi connectivity index (χ2v) is 3.83. The second-order valence-electron chi connectivity index (χ2n) is 3.83. The average Bonchev–Trinajstić information content (AvgIpc) is 2.83. The number of rotatable bonds is 1. The molecule has 0 N–H and O–H groups in total. The number of nitrogens with zero attached hydrogens (tertiary/aromatic N) is 4. The Morgan fingerprint density at radius 3 is 2.56 bits per heavy atom. The Labute approximate surface area is 93.2 Å². The summed E-state index contributed by atoms with van der Waals surface area (Å²) in [4.78, 5) is 4.57. The first-order valence-corrected chi connectivity index (χ1v) is 5.20. The van der Waals surface area contributed by atoms with Crippen molar-refractivity contribution in [3.05, 3.63) is 42.4 Å². The number of aryl methyl sites for hydroxylation is 2. The number of fused-ring (bicyclic) bond motifs is 1. The molecule has 0 aliphatic heterocycles. The first kappa shape index (κ1) is 9.15. The van der Waals surface area contributed by atoms with E-state index >= 15 is 0 Å². The van der Waals surface area contributed by atoms with Crippen LogP contribution < -0.4 is 0 Å². The zero-order chi connectivity index (χ0) is 11.1. The Kier molecular flexibility index (Phi) is 1.83. The molecule has 4 heteroatoms. The van der Waals surface area contributed by atoms with Crippen LogP contribution in [0.25, 0.3) is 17.0 Å². The predicted octanol–water partition coefficient (Wildman–Crippen LogP) is 2.04. The van der Waals surface area contributed by atoms with Gasteiger partial charge in [-0.25, -0.2) is 9.67 Å². The third kappa shape index (κ3) is 1.23. The van der Waals surface area contributed by atoms with Crippen molar-refractivity contribution in [2.45, 2.75) is 6.92 Å². The lowest BCUT2D eigenvalue weighted by Crippen LogP contribution is -1.91. The minimum atomic E-state index is 0.872. The highest BCUT2D eigenvalue weighted by Gasteiger charge is 2.09. The van der Waals surface area contributed by atoms with Crippen LogP contribution in [0, 0.1) is 6.92 Å². The summed E-state index contributed by atoms with van der Waals surface area (Å²) in [5.74, 6) is 1.82. The third-order valence-electron chi connectivity index (χ3n) is 2.69. The highest BCUT2D eigenvalue weighted by molar-refractivity contribution is 5.61. The van der Waals surface area contributed by atoms with Crippen LogP contribution in [0.2, 0.25) is 0 Å². The molecule has 0 atom stereocenters. The van der Waals surface area contributed by atoms with Crippen LogP contribution >= 0.6 is 0 Å². The van der Waals surface area contributed by atoms with Crippen LogP contribution in [0.15, 0.2) is 36.5 Å². The van der Waals surface area contributed by atoms with Crippen LogP contribution in [-0.4, -0.2) is 19.2 Å². The summed E-state index contributed by atoms with van der Waals surface area (Å²) in [6.07, 6.45) is 2.02. The fourth-order valence-corrected chi connectivity index (χ4v) is 1.89. The quantitative estimate of drug-likeness (QED) is 0.618. The van der Waals surface area contributed by atoms with Gasteiger partial charge in [-0.15, -0.1) is 0 Å². The second kappa shape index (κ2) is 3.20. The lowest BCUT2D eigenvalue weighted by Gasteiger charge is -1.93. The predicted molar refractivity (Wildman–Crippen MR) is 62.1 cm³/mol. The molecule has 1 aromatic carbocycles. The molecule has 80 valence electrons. The molecule has 0 radical (unpaired) electrons. The van der Waals surface area contributed by atoms with Gasteiger partial charge in [0.2, 0.25) is 5.78 Å². The van der Waals surface area contributed by atoms with Crippen molar-refractivity contribution in [2.75, 3.05) is 0 Å². The number of hydrogen-bond acceptors (Lipinski definition) is 2. The van der Waals surface area contributed by atoms with E-state index in [4.69, 9.17) is 0 Å². The van der Waals surface area contributed by atoms with Gasteiger partial charge in [0.25, 0.3) is 0 Å². The topological polar surface area (TPSA) is 35.1 Å². The SMILES string of the molecule is Cc1nn(C)c2nc(-c3ccccc3)cn12. The van der Waals surface area contributed by atoms with Crippen molar-refractivity contribution >= 4 is 5.78 Å². The summed E-state index contributed by atoms with van der Waals surface area (Å²) in [6.45, 7) is 1.98. The van der Waals surface area contributed by atoms with Gasteiger partial charge in [0.05, 0.1) is 5.69 Å². The number of imidazole rings is 1. The molecule has 0 unspecified atom stereocenters. The van der Waals surface area contributed by atoms with E-state index in [2.05, 4.69) is 22.2 Å². The van der Waals surface area contributed by atoms with Crippen molar-refractivity contribution in [1.29, 1.82) is 0 Å². The zero-order valence-corrected chi connectivity index (χ0v) is 9.25. The van der Waals surface area contributed by atoms with Gasteiger partial charge in [0.15, 0.2) is 0 Å². The molecule has 4 nitrogen and oxygen atoms in total. The maximum absolute atomic E-state index is 4.57. The van der Waals surface area contributed by atoms with Crippen molar-refractivity contribution in [3.63, 3.8) is 0 Å². The van der Waals surface area contributed by atoms with Gasteiger partial charge in [-0.2, -0.15) is 5.10 Å². The molecule has 0 fully saturated rings. The minimum absolute atomic E-state index is 0.872. The van der Waals surface area contributed by atoms with E-state index in [0.29, 0.717) is 0 Å². The largest absolute Gasteiger partial charge is 0.270 e. The van der Waals surface area contributed by atoms with Crippen LogP contribution in [0.5, 0.6) is 0 Å². The lowest BCUT2D eigenvalue weighted by atomic mass is 10.2. The van der Waals surface area contributed by atoms with Crippen molar-refractivity contribution in [1.82, 2.24) is 19.2 Å². The van der Waals surface area contributed by atoms with Crippen LogP contribution in [0.1, 0.15) is 5.82 Å². The Morgan fingerprint density at radius 1 is 1.12 bits per heavy atom. The fourth-order valence-electron chi connectivity index (χ4n) is 1.89. The van der Waals surface area contributed by atoms with Gasteiger partial charge in [-0.05, 0) is 6.92 Å². The molecule has 0 aliphatic rings. The van der Waals surface area contributed by atoms with E-state index in [9.17, 15) is 0 Å². The Hall–Kier alpha value is -2.10. The fraction of sp³-hybridized carbons (Fsp3) is 0.167. The molecule has 16 heavy (non-hydrogen) atoms. The summed E-state index contributed by atoms with van der Waals surface area (Å²) < 4.78 is 3.80. The van der Waals surface area contributed by atoms with Gasteiger partial charge in [-0.3, -0.25) is 4.40 Å². The van der Waals surface area contributed by atoms with Crippen molar-refractivity contribution in [3.8, 4) is 11.3 Å². The zero-order valence-electron chi connectivity index (χ0n) is 9.25. The number of aromatic nitrogens is 4. The Morgan fingerprint density at radius 2 is 1.88 bits per heavy atom. The van der Waals surface area contributed by atoms with Crippen LogP contribution in [0.3, 0.4) is 0 Å². The summed E-state index contributed by atoms with van der Waals surface area (Å²) in [5, 5.41) is 4.30. The van der Waals surface area contributed by atoms with Crippen molar-refractivity contribution < 1.29 is 0 Å². The lowest BCUT2D eigenvalue weighted by molar-refractivity contribution is 0.774. The van der Waals surface area contributed by atoms with E-state index in [-0.39, 0.29) is 0 Å². The Bertz CT molecular complexity index is 599. The smallest absolute Gasteiger partial charge is 0.232 e. The highest BCUT2D eigenvalue weighted by Crippen LogP contribution is 2.18. The molecule has 3 aromatic rings. The maximum atomic E-state index is 4.57. The van der Waals surface area contributed by atoms with Gasteiger partial charge in [0, 0.05) is 18.8 Å². The van der Waals surface area contributed by atoms with Crippen LogP contribution in [0.4, 0.5) is 0 Å². The number of benzene rings is 1. The first-order valence-electron chi connectivity index (χ1n) is 5.20. The minimum Gasteiger partial charge on any atom is -0.270 e. The molecule has 0 aliphatic carbocycles. The number of hydrogen-bond donors (Lipinski definition) is 0. The molecule has 2 heterocycles. The monoisotopic (exact) mass is 212 g/mol. The van der Waals surface area contributed by atoms with Crippen molar-refractivity contribution in [2.24, 2.45) is 7.05 Å². The third-order valence-corrected chi connectivity index (χ3v) is 2.69. The standard InChI is InChI=1S/C12H12N4/c1-9-14-15(2)12-13-11(8-16(9)12)10-6-4-3-5-7-10/h3-8H,1-2H3. The first-order chi connectivity index (χ1) is 7.75. The molecular formula is C12H12N4. The summed E-state index contributed by atoms with van der Waals surface area (Å²) in [5.41, 5.74) is 2.11. The van der Waals surface area contributed by atoms with Gasteiger partial charge < -0.3 is 0 Å². The molecule has 3 rings (SSSR count). The Balaban J connectivity index is 2.23. The molecule has 0 saturated carbocycles. The van der Waals surface area contributed by atoms with Gasteiger partial charge in [-0.1, -0.05) is 30.3 Å². The van der Waals surface area contributed by atoms with E-state index in [1.807, 2.05) is 42.8 Å². The summed E-state index contributed by atoms with van der Waals surface area (Å²) >= 11 is 0. The molecular weight excluding hydrogens is 200 g/mol. The maximum Gasteiger partial charge on any atom is 0.232 e. The van der Waals surface area contributed by atoms with E-state index in [0.717, 1.165) is 22.9 Å². The summed E-state index contributed by atoms with van der Waals surface area (Å²) in [6, 6.07) is 10.2. The van der Waals surface area contributed by atoms with Gasteiger partial charge in [0.1, 0.15) is 5.82 Å².